The fourth-order valence-corrected chi connectivity index (χ4v) is 5.07. The van der Waals surface area contributed by atoms with Gasteiger partial charge in [-0.1, -0.05) is 0 Å². The third-order valence-electron chi connectivity index (χ3n) is 4.26. The first-order valence-electron chi connectivity index (χ1n) is 8.85. The molecule has 0 unspecified atom stereocenters. The molecule has 2 aromatic carbocycles. The summed E-state index contributed by atoms with van der Waals surface area (Å²) in [6.45, 7) is -0.0524. The summed E-state index contributed by atoms with van der Waals surface area (Å²) in [5.41, 5.74) is 0. The number of ether oxygens (including phenoxy) is 4. The molecule has 0 aliphatic heterocycles. The smallest absolute Gasteiger partial charge is 0.240 e. The number of benzene rings is 2. The van der Waals surface area contributed by atoms with Crippen LogP contribution in [0.15, 0.2) is 46.2 Å². The zero-order valence-corrected chi connectivity index (χ0v) is 18.8. The molecule has 0 aliphatic rings. The van der Waals surface area contributed by atoms with Crippen molar-refractivity contribution in [1.82, 2.24) is 4.72 Å². The SMILES string of the molecule is COc1ccc(S(=O)(=O)CCCNS(=O)(=O)c2ccc(OC)c(OC)c2)cc1OC. The number of nitrogens with one attached hydrogen (secondary N) is 1. The van der Waals surface area contributed by atoms with Crippen LogP contribution in [0, 0.1) is 0 Å². The van der Waals surface area contributed by atoms with Gasteiger partial charge < -0.3 is 18.9 Å². The van der Waals surface area contributed by atoms with Crippen molar-refractivity contribution in [2.75, 3.05) is 40.7 Å². The Bertz CT molecular complexity index is 994. The molecule has 0 aromatic heterocycles. The van der Waals surface area contributed by atoms with Crippen LogP contribution in [0.4, 0.5) is 0 Å². The van der Waals surface area contributed by atoms with Gasteiger partial charge in [0.2, 0.25) is 10.0 Å². The minimum atomic E-state index is -3.84. The van der Waals surface area contributed by atoms with Crippen LogP contribution in [0.3, 0.4) is 0 Å². The van der Waals surface area contributed by atoms with Crippen molar-refractivity contribution >= 4 is 19.9 Å². The van der Waals surface area contributed by atoms with Gasteiger partial charge in [-0.15, -0.1) is 0 Å². The van der Waals surface area contributed by atoms with Crippen molar-refractivity contribution in [2.24, 2.45) is 0 Å². The number of hydrogen-bond donors (Lipinski definition) is 1. The molecule has 0 heterocycles. The zero-order chi connectivity index (χ0) is 22.4. The molecular formula is C19H25NO8S2. The minimum absolute atomic E-state index is 0.0112. The molecular weight excluding hydrogens is 434 g/mol. The standard InChI is InChI=1S/C19H25NO8S2/c1-25-16-8-6-14(12-18(16)27-3)29(21,22)11-5-10-20-30(23,24)15-7-9-17(26-2)19(13-15)28-4/h6-9,12-13,20H,5,10-11H2,1-4H3. The fraction of sp³-hybridized carbons (Fsp3) is 0.368. The van der Waals surface area contributed by atoms with Crippen LogP contribution >= 0.6 is 0 Å². The van der Waals surface area contributed by atoms with Crippen molar-refractivity contribution in [3.8, 4) is 23.0 Å². The number of methoxy groups -OCH3 is 4. The molecule has 0 saturated carbocycles. The molecule has 0 spiro atoms. The molecule has 0 fully saturated rings. The third-order valence-corrected chi connectivity index (χ3v) is 7.52. The van der Waals surface area contributed by atoms with Crippen molar-refractivity contribution in [2.45, 2.75) is 16.2 Å². The second kappa shape index (κ2) is 10.0. The Balaban J connectivity index is 2.03. The largest absolute Gasteiger partial charge is 0.493 e. The van der Waals surface area contributed by atoms with Crippen molar-refractivity contribution in [3.05, 3.63) is 36.4 Å². The number of sulfonamides is 1. The van der Waals surface area contributed by atoms with E-state index in [9.17, 15) is 16.8 Å². The zero-order valence-electron chi connectivity index (χ0n) is 17.2. The van der Waals surface area contributed by atoms with Gasteiger partial charge in [-0.25, -0.2) is 21.6 Å². The molecule has 0 bridgehead atoms. The van der Waals surface area contributed by atoms with E-state index >= 15 is 0 Å². The lowest BCUT2D eigenvalue weighted by molar-refractivity contribution is 0.354. The third kappa shape index (κ3) is 5.55. The number of sulfone groups is 1. The van der Waals surface area contributed by atoms with Gasteiger partial charge in [0.25, 0.3) is 0 Å². The van der Waals surface area contributed by atoms with Gasteiger partial charge in [-0.2, -0.15) is 0 Å². The number of hydrogen-bond acceptors (Lipinski definition) is 8. The molecule has 0 radical (unpaired) electrons. The molecule has 2 rings (SSSR count). The summed E-state index contributed by atoms with van der Waals surface area (Å²) in [6.07, 6.45) is 0.0865. The maximum Gasteiger partial charge on any atom is 0.240 e. The average molecular weight is 460 g/mol. The summed E-state index contributed by atoms with van der Waals surface area (Å²) >= 11 is 0. The lowest BCUT2D eigenvalue weighted by Gasteiger charge is -2.12. The highest BCUT2D eigenvalue weighted by Gasteiger charge is 2.19. The van der Waals surface area contributed by atoms with E-state index in [1.165, 1.54) is 64.8 Å². The monoisotopic (exact) mass is 459 g/mol. The Hall–Kier alpha value is -2.50. The van der Waals surface area contributed by atoms with Crippen LogP contribution in [0.1, 0.15) is 6.42 Å². The second-order valence-corrected chi connectivity index (χ2v) is 9.98. The van der Waals surface area contributed by atoms with E-state index in [1.807, 2.05) is 0 Å². The Kier molecular flexibility index (Phi) is 7.93. The van der Waals surface area contributed by atoms with Gasteiger partial charge in [-0.05, 0) is 30.7 Å². The quantitative estimate of drug-likeness (QED) is 0.506. The van der Waals surface area contributed by atoms with E-state index in [0.29, 0.717) is 17.2 Å². The molecule has 0 atom stereocenters. The molecule has 0 aliphatic carbocycles. The predicted octanol–water partition coefficient (Wildman–Crippen LogP) is 1.86. The maximum atomic E-state index is 12.5. The Morgan fingerprint density at radius 3 is 1.67 bits per heavy atom. The van der Waals surface area contributed by atoms with Gasteiger partial charge in [0.1, 0.15) is 0 Å². The van der Waals surface area contributed by atoms with Crippen LogP contribution in [0.25, 0.3) is 0 Å². The molecule has 11 heteroatoms. The highest BCUT2D eigenvalue weighted by Crippen LogP contribution is 2.30. The lowest BCUT2D eigenvalue weighted by Crippen LogP contribution is -2.26. The van der Waals surface area contributed by atoms with Crippen LogP contribution in [0.2, 0.25) is 0 Å². The summed E-state index contributed by atoms with van der Waals surface area (Å²) in [6, 6.07) is 8.50. The Morgan fingerprint density at radius 1 is 0.700 bits per heavy atom. The van der Waals surface area contributed by atoms with E-state index in [2.05, 4.69) is 4.72 Å². The first kappa shape index (κ1) is 23.8. The summed E-state index contributed by atoms with van der Waals surface area (Å²) in [5, 5.41) is 0. The van der Waals surface area contributed by atoms with Gasteiger partial charge in [0.05, 0.1) is 44.0 Å². The fourth-order valence-electron chi connectivity index (χ4n) is 2.66. The van der Waals surface area contributed by atoms with Crippen LogP contribution < -0.4 is 23.7 Å². The van der Waals surface area contributed by atoms with Crippen molar-refractivity contribution in [3.63, 3.8) is 0 Å². The minimum Gasteiger partial charge on any atom is -0.493 e. The van der Waals surface area contributed by atoms with E-state index in [4.69, 9.17) is 18.9 Å². The first-order valence-corrected chi connectivity index (χ1v) is 12.0. The molecule has 30 heavy (non-hydrogen) atoms. The van der Waals surface area contributed by atoms with Gasteiger partial charge in [-0.3, -0.25) is 0 Å². The molecule has 9 nitrogen and oxygen atoms in total. The topological polar surface area (TPSA) is 117 Å². The highest BCUT2D eigenvalue weighted by molar-refractivity contribution is 7.91. The molecule has 166 valence electrons. The van der Waals surface area contributed by atoms with E-state index in [1.54, 1.807) is 0 Å². The van der Waals surface area contributed by atoms with Gasteiger partial charge in [0.15, 0.2) is 32.8 Å². The maximum absolute atomic E-state index is 12.5. The average Bonchev–Trinajstić information content (AvgIpc) is 2.75. The summed E-state index contributed by atoms with van der Waals surface area (Å²) in [4.78, 5) is 0.0609. The van der Waals surface area contributed by atoms with Gasteiger partial charge >= 0.3 is 0 Å². The van der Waals surface area contributed by atoms with E-state index in [0.717, 1.165) is 0 Å². The van der Waals surface area contributed by atoms with E-state index < -0.39 is 19.9 Å². The predicted molar refractivity (Wildman–Crippen MR) is 111 cm³/mol. The molecule has 2 aromatic rings. The van der Waals surface area contributed by atoms with Crippen LogP contribution in [0.5, 0.6) is 23.0 Å². The lowest BCUT2D eigenvalue weighted by atomic mass is 10.3. The Morgan fingerprint density at radius 2 is 1.17 bits per heavy atom. The van der Waals surface area contributed by atoms with E-state index in [-0.39, 0.29) is 34.3 Å². The normalized spacial score (nSPS) is 11.7. The van der Waals surface area contributed by atoms with Crippen molar-refractivity contribution in [1.29, 1.82) is 0 Å². The molecule has 1 N–H and O–H groups in total. The highest BCUT2D eigenvalue weighted by atomic mass is 32.2. The van der Waals surface area contributed by atoms with Crippen LogP contribution in [-0.2, 0) is 19.9 Å². The summed E-state index contributed by atoms with van der Waals surface area (Å²) in [5.74, 6) is 1.15. The Labute approximate surface area is 176 Å². The molecule has 0 amide bonds. The van der Waals surface area contributed by atoms with Crippen molar-refractivity contribution < 1.29 is 35.8 Å². The van der Waals surface area contributed by atoms with Gasteiger partial charge in [0, 0.05) is 18.7 Å². The first-order chi connectivity index (χ1) is 14.2. The number of rotatable bonds is 11. The van der Waals surface area contributed by atoms with Crippen LogP contribution in [-0.4, -0.2) is 57.6 Å². The second-order valence-electron chi connectivity index (χ2n) is 6.10. The summed E-state index contributed by atoms with van der Waals surface area (Å²) in [7, 11) is -1.74. The molecule has 0 saturated heterocycles. The summed E-state index contributed by atoms with van der Waals surface area (Å²) < 4.78 is 72.8.